The van der Waals surface area contributed by atoms with Gasteiger partial charge in [-0.2, -0.15) is 0 Å². The summed E-state index contributed by atoms with van der Waals surface area (Å²) >= 11 is 12.5. The second kappa shape index (κ2) is 12.8. The number of amides is 1. The molecule has 7 heteroatoms. The van der Waals surface area contributed by atoms with Crippen LogP contribution in [-0.2, 0) is 16.9 Å². The second-order valence-electron chi connectivity index (χ2n) is 9.73. The van der Waals surface area contributed by atoms with Gasteiger partial charge in [-0.15, -0.1) is 0 Å². The molecule has 1 atom stereocenters. The molecule has 1 unspecified atom stereocenters. The number of nitrogens with zero attached hydrogens (tertiary/aromatic N) is 1. The number of nitrogens with one attached hydrogen (secondary N) is 1. The molecule has 1 fully saturated rings. The summed E-state index contributed by atoms with van der Waals surface area (Å²) < 4.78 is 5.20. The highest BCUT2D eigenvalue weighted by atomic mass is 35.5. The minimum atomic E-state index is -0.776. The Kier molecular flexibility index (Phi) is 9.49. The zero-order valence-corrected chi connectivity index (χ0v) is 22.6. The molecule has 1 aliphatic heterocycles. The number of methoxy groups -OCH3 is 1. The maximum Gasteiger partial charge on any atom is 0.220 e. The lowest BCUT2D eigenvalue weighted by Gasteiger charge is -2.39. The Hall–Kier alpha value is -2.57. The molecule has 1 saturated heterocycles. The third-order valence-corrected chi connectivity index (χ3v) is 8.02. The van der Waals surface area contributed by atoms with Crippen molar-refractivity contribution in [3.63, 3.8) is 0 Å². The van der Waals surface area contributed by atoms with Crippen molar-refractivity contribution in [2.45, 2.75) is 43.7 Å². The number of carbonyl (C=O) groups is 1. The zero-order valence-electron chi connectivity index (χ0n) is 21.1. The van der Waals surface area contributed by atoms with Gasteiger partial charge in [0.2, 0.25) is 5.91 Å². The minimum absolute atomic E-state index is 0.000526. The Labute approximate surface area is 229 Å². The number of halogens is 2. The molecule has 0 radical (unpaired) electrons. The number of benzene rings is 3. The highest BCUT2D eigenvalue weighted by Gasteiger charge is 2.34. The number of rotatable bonds is 10. The molecule has 1 amide bonds. The summed E-state index contributed by atoms with van der Waals surface area (Å²) in [6.45, 7) is 2.91. The van der Waals surface area contributed by atoms with Crippen LogP contribution in [0.2, 0.25) is 10.0 Å². The molecule has 0 aromatic heterocycles. The van der Waals surface area contributed by atoms with Crippen molar-refractivity contribution in [2.75, 3.05) is 26.7 Å². The molecule has 0 spiro atoms. The lowest BCUT2D eigenvalue weighted by molar-refractivity contribution is -0.121. The lowest BCUT2D eigenvalue weighted by atomic mass is 9.84. The molecule has 1 aliphatic rings. The molecule has 3 aromatic rings. The van der Waals surface area contributed by atoms with E-state index in [-0.39, 0.29) is 11.8 Å². The molecular weight excluding hydrogens is 507 g/mol. The smallest absolute Gasteiger partial charge is 0.220 e. The number of hydrogen-bond acceptors (Lipinski definition) is 4. The van der Waals surface area contributed by atoms with Gasteiger partial charge in [-0.05, 0) is 72.7 Å². The molecule has 1 heterocycles. The molecule has 4 rings (SSSR count). The van der Waals surface area contributed by atoms with Crippen molar-refractivity contribution in [1.82, 2.24) is 10.2 Å². The third-order valence-electron chi connectivity index (χ3n) is 7.28. The first-order valence-electron chi connectivity index (χ1n) is 12.7. The fourth-order valence-electron chi connectivity index (χ4n) is 4.91. The summed E-state index contributed by atoms with van der Waals surface area (Å²) in [6, 6.07) is 23.2. The van der Waals surface area contributed by atoms with Crippen LogP contribution in [-0.4, -0.2) is 42.7 Å². The summed E-state index contributed by atoms with van der Waals surface area (Å²) in [7, 11) is 1.63. The number of aliphatic hydroxyl groups is 1. The summed E-state index contributed by atoms with van der Waals surface area (Å²) in [4.78, 5) is 15.3. The van der Waals surface area contributed by atoms with Crippen molar-refractivity contribution in [3.8, 4) is 5.75 Å². The fraction of sp³-hybridized carbons (Fsp3) is 0.367. The molecular formula is C30H34Cl2N2O3. The molecule has 0 saturated carbocycles. The zero-order chi connectivity index (χ0) is 26.3. The Morgan fingerprint density at radius 3 is 2.38 bits per heavy atom. The standard InChI is InChI=1S/C30H34Cl2N2O3/c1-37-26-10-7-22(8-11-26)21-33-29(35)20-24(23-9-12-27(31)28(32)19-23)13-16-34-17-14-30(36,15-18-34)25-5-3-2-4-6-25/h2-12,19,24,36H,13-18,20-21H2,1H3,(H,33,35). The molecule has 5 nitrogen and oxygen atoms in total. The van der Waals surface area contributed by atoms with E-state index >= 15 is 0 Å². The quantitative estimate of drug-likeness (QED) is 0.323. The first-order valence-corrected chi connectivity index (χ1v) is 13.5. The van der Waals surface area contributed by atoms with E-state index in [0.717, 1.165) is 48.5 Å². The number of likely N-dealkylation sites (tertiary alicyclic amines) is 1. The van der Waals surface area contributed by atoms with Crippen LogP contribution >= 0.6 is 23.2 Å². The Bertz CT molecular complexity index is 1160. The predicted molar refractivity (Wildman–Crippen MR) is 149 cm³/mol. The summed E-state index contributed by atoms with van der Waals surface area (Å²) in [5.74, 6) is 0.777. The van der Waals surface area contributed by atoms with E-state index in [1.54, 1.807) is 13.2 Å². The van der Waals surface area contributed by atoms with Gasteiger partial charge in [-0.1, -0.05) is 71.7 Å². The maximum absolute atomic E-state index is 12.9. The molecule has 3 aromatic carbocycles. The second-order valence-corrected chi connectivity index (χ2v) is 10.5. The van der Waals surface area contributed by atoms with E-state index in [9.17, 15) is 9.90 Å². The number of ether oxygens (including phenoxy) is 1. The van der Waals surface area contributed by atoms with Crippen molar-refractivity contribution in [2.24, 2.45) is 0 Å². The van der Waals surface area contributed by atoms with Crippen LogP contribution in [0.15, 0.2) is 72.8 Å². The van der Waals surface area contributed by atoms with Crippen LogP contribution in [0.4, 0.5) is 0 Å². The first kappa shape index (κ1) is 27.5. The van der Waals surface area contributed by atoms with Crippen LogP contribution in [0.3, 0.4) is 0 Å². The molecule has 2 N–H and O–H groups in total. The van der Waals surface area contributed by atoms with Crippen molar-refractivity contribution in [1.29, 1.82) is 0 Å². The number of carbonyl (C=O) groups excluding carboxylic acids is 1. The topological polar surface area (TPSA) is 61.8 Å². The van der Waals surface area contributed by atoms with Gasteiger partial charge in [0.1, 0.15) is 5.75 Å². The highest BCUT2D eigenvalue weighted by molar-refractivity contribution is 6.42. The highest BCUT2D eigenvalue weighted by Crippen LogP contribution is 2.34. The van der Waals surface area contributed by atoms with Gasteiger partial charge in [0, 0.05) is 26.1 Å². The van der Waals surface area contributed by atoms with E-state index in [1.165, 1.54) is 0 Å². The van der Waals surface area contributed by atoms with Crippen molar-refractivity contribution < 1.29 is 14.6 Å². The summed E-state index contributed by atoms with van der Waals surface area (Å²) in [5.41, 5.74) is 2.23. The Balaban J connectivity index is 1.36. The molecule has 0 bridgehead atoms. The lowest BCUT2D eigenvalue weighted by Crippen LogP contribution is -2.43. The monoisotopic (exact) mass is 540 g/mol. The van der Waals surface area contributed by atoms with E-state index in [2.05, 4.69) is 10.2 Å². The Morgan fingerprint density at radius 2 is 1.73 bits per heavy atom. The van der Waals surface area contributed by atoms with E-state index in [0.29, 0.717) is 35.9 Å². The normalized spacial score (nSPS) is 16.2. The molecule has 37 heavy (non-hydrogen) atoms. The average molecular weight is 542 g/mol. The van der Waals surface area contributed by atoms with Gasteiger partial charge in [0.05, 0.1) is 22.8 Å². The third kappa shape index (κ3) is 7.48. The fourth-order valence-corrected chi connectivity index (χ4v) is 5.22. The number of piperidine rings is 1. The van der Waals surface area contributed by atoms with Gasteiger partial charge in [0.25, 0.3) is 0 Å². The van der Waals surface area contributed by atoms with E-state index in [1.807, 2.05) is 66.7 Å². The van der Waals surface area contributed by atoms with Gasteiger partial charge >= 0.3 is 0 Å². The van der Waals surface area contributed by atoms with Crippen LogP contribution < -0.4 is 10.1 Å². The average Bonchev–Trinajstić information content (AvgIpc) is 2.93. The van der Waals surface area contributed by atoms with Crippen LogP contribution in [0.5, 0.6) is 5.75 Å². The SMILES string of the molecule is COc1ccc(CNC(=O)CC(CCN2CCC(O)(c3ccccc3)CC2)c2ccc(Cl)c(Cl)c2)cc1. The van der Waals surface area contributed by atoms with Crippen LogP contribution in [0.25, 0.3) is 0 Å². The van der Waals surface area contributed by atoms with Gasteiger partial charge < -0.3 is 20.1 Å². The maximum atomic E-state index is 12.9. The van der Waals surface area contributed by atoms with Crippen molar-refractivity contribution >= 4 is 29.1 Å². The van der Waals surface area contributed by atoms with E-state index < -0.39 is 5.60 Å². The summed E-state index contributed by atoms with van der Waals surface area (Å²) in [5, 5.41) is 15.2. The number of hydrogen-bond donors (Lipinski definition) is 2. The largest absolute Gasteiger partial charge is 0.497 e. The van der Waals surface area contributed by atoms with E-state index in [4.69, 9.17) is 27.9 Å². The first-order chi connectivity index (χ1) is 17.9. The van der Waals surface area contributed by atoms with Crippen molar-refractivity contribution in [3.05, 3.63) is 99.5 Å². The van der Waals surface area contributed by atoms with Crippen LogP contribution in [0.1, 0.15) is 48.3 Å². The van der Waals surface area contributed by atoms with Gasteiger partial charge in [-0.25, -0.2) is 0 Å². The van der Waals surface area contributed by atoms with Gasteiger partial charge in [0.15, 0.2) is 0 Å². The predicted octanol–water partition coefficient (Wildman–Crippen LogP) is 6.17. The van der Waals surface area contributed by atoms with Crippen LogP contribution in [0, 0.1) is 0 Å². The minimum Gasteiger partial charge on any atom is -0.497 e. The Morgan fingerprint density at radius 1 is 1.03 bits per heavy atom. The van der Waals surface area contributed by atoms with Gasteiger partial charge in [-0.3, -0.25) is 4.79 Å². The molecule has 0 aliphatic carbocycles. The molecule has 196 valence electrons. The summed E-state index contributed by atoms with van der Waals surface area (Å²) in [6.07, 6.45) is 2.54.